The number of nitro benzene ring substituents is 2. The number of carbonyl (C=O) groups excluding carboxylic acids is 2. The van der Waals surface area contributed by atoms with Crippen molar-refractivity contribution < 1.29 is 19.4 Å². The molecule has 1 aliphatic heterocycles. The van der Waals surface area contributed by atoms with Crippen molar-refractivity contribution in [1.29, 1.82) is 0 Å². The number of primary amides is 1. The van der Waals surface area contributed by atoms with E-state index >= 15 is 0 Å². The summed E-state index contributed by atoms with van der Waals surface area (Å²) >= 11 is 0. The van der Waals surface area contributed by atoms with Gasteiger partial charge in [0.05, 0.1) is 21.7 Å². The topological polar surface area (TPSA) is 162 Å². The summed E-state index contributed by atoms with van der Waals surface area (Å²) in [4.78, 5) is 47.5. The van der Waals surface area contributed by atoms with E-state index in [1.807, 2.05) is 0 Å². The lowest BCUT2D eigenvalue weighted by Crippen LogP contribution is -2.44. The summed E-state index contributed by atoms with van der Waals surface area (Å²) in [5.74, 6) is -1.85. The van der Waals surface area contributed by atoms with Gasteiger partial charge in [0, 0.05) is 50.4 Å². The molecular weight excluding hydrogens is 466 g/mol. The summed E-state index contributed by atoms with van der Waals surface area (Å²) in [6, 6.07) is 12.3. The van der Waals surface area contributed by atoms with Crippen LogP contribution in [0.2, 0.25) is 0 Å². The highest BCUT2D eigenvalue weighted by Crippen LogP contribution is 2.21. The fourth-order valence-electron chi connectivity index (χ4n) is 3.90. The van der Waals surface area contributed by atoms with Crippen molar-refractivity contribution in [2.45, 2.75) is 12.8 Å². The van der Waals surface area contributed by atoms with Gasteiger partial charge in [-0.2, -0.15) is 0 Å². The molecule has 0 saturated carbocycles. The molecule has 2 amide bonds. The van der Waals surface area contributed by atoms with Gasteiger partial charge < -0.3 is 16.0 Å². The third-order valence-electron chi connectivity index (χ3n) is 5.84. The maximum Gasteiger partial charge on any atom is 0.269 e. The number of nitrogens with two attached hydrogens (primary N) is 1. The van der Waals surface area contributed by atoms with Crippen LogP contribution >= 0.6 is 12.4 Å². The van der Waals surface area contributed by atoms with Crippen molar-refractivity contribution in [3.8, 4) is 0 Å². The number of non-ortho nitro benzene ring substituents is 2. The fraction of sp³-hybridized carbons (Fsp3) is 0.364. The Morgan fingerprint density at radius 2 is 1.26 bits per heavy atom. The van der Waals surface area contributed by atoms with E-state index in [4.69, 9.17) is 5.73 Å². The Kier molecular flexibility index (Phi) is 9.46. The number of carbonyl (C=O) groups is 2. The van der Waals surface area contributed by atoms with Gasteiger partial charge in [0.1, 0.15) is 0 Å². The standard InChI is InChI=1S/C22H25N5O6.ClH/c23-21(28)19-13-24-14-20(19)22(29)25(11-9-15-1-5-17(6-2-15)26(30)31)12-10-16-3-7-18(8-4-16)27(32)33;/h1-8,19-20,24H,9-14H2,(H2,23,28);1H. The first kappa shape index (κ1) is 26.7. The Balaban J connectivity index is 0.00000408. The van der Waals surface area contributed by atoms with Gasteiger partial charge in [0.25, 0.3) is 11.4 Å². The number of hydrogen-bond acceptors (Lipinski definition) is 7. The minimum absolute atomic E-state index is 0. The molecule has 2 aromatic rings. The Hall–Kier alpha value is -3.57. The van der Waals surface area contributed by atoms with Gasteiger partial charge in [-0.1, -0.05) is 24.3 Å². The normalized spacial score (nSPS) is 16.9. The van der Waals surface area contributed by atoms with E-state index in [2.05, 4.69) is 5.32 Å². The molecule has 2 aromatic carbocycles. The van der Waals surface area contributed by atoms with Gasteiger partial charge in [0.2, 0.25) is 11.8 Å². The molecule has 0 aromatic heterocycles. The molecular formula is C22H26ClN5O6. The average molecular weight is 492 g/mol. The second kappa shape index (κ2) is 12.1. The fourth-order valence-corrected chi connectivity index (χ4v) is 3.90. The number of nitrogens with one attached hydrogen (secondary N) is 1. The lowest BCUT2D eigenvalue weighted by Gasteiger charge is -2.27. The summed E-state index contributed by atoms with van der Waals surface area (Å²) in [6.45, 7) is 1.42. The maximum atomic E-state index is 13.3. The third kappa shape index (κ3) is 6.72. The molecule has 34 heavy (non-hydrogen) atoms. The first-order chi connectivity index (χ1) is 15.8. The van der Waals surface area contributed by atoms with E-state index in [0.717, 1.165) is 11.1 Å². The molecule has 1 aliphatic rings. The van der Waals surface area contributed by atoms with Crippen LogP contribution in [-0.4, -0.2) is 52.7 Å². The zero-order valence-corrected chi connectivity index (χ0v) is 19.1. The Labute approximate surface area is 202 Å². The smallest absolute Gasteiger partial charge is 0.269 e. The zero-order valence-electron chi connectivity index (χ0n) is 18.3. The average Bonchev–Trinajstić information content (AvgIpc) is 3.29. The predicted octanol–water partition coefficient (Wildman–Crippen LogP) is 1.86. The molecule has 182 valence electrons. The molecule has 0 spiro atoms. The van der Waals surface area contributed by atoms with Crippen LogP contribution in [0.3, 0.4) is 0 Å². The number of nitro groups is 2. The number of rotatable bonds is 10. The van der Waals surface area contributed by atoms with E-state index in [1.165, 1.54) is 24.3 Å². The molecule has 12 heteroatoms. The Morgan fingerprint density at radius 3 is 1.65 bits per heavy atom. The summed E-state index contributed by atoms with van der Waals surface area (Å²) < 4.78 is 0. The quantitative estimate of drug-likeness (QED) is 0.378. The highest BCUT2D eigenvalue weighted by Gasteiger charge is 2.38. The van der Waals surface area contributed by atoms with E-state index in [1.54, 1.807) is 29.2 Å². The third-order valence-corrected chi connectivity index (χ3v) is 5.84. The van der Waals surface area contributed by atoms with E-state index in [9.17, 15) is 29.8 Å². The van der Waals surface area contributed by atoms with Crippen molar-refractivity contribution in [3.63, 3.8) is 0 Å². The number of benzene rings is 2. The number of amides is 2. The van der Waals surface area contributed by atoms with E-state index < -0.39 is 27.6 Å². The molecule has 0 radical (unpaired) electrons. The first-order valence-electron chi connectivity index (χ1n) is 10.5. The van der Waals surface area contributed by atoms with Crippen LogP contribution in [0.5, 0.6) is 0 Å². The predicted molar refractivity (Wildman–Crippen MR) is 126 cm³/mol. The van der Waals surface area contributed by atoms with Crippen molar-refractivity contribution in [2.75, 3.05) is 26.2 Å². The van der Waals surface area contributed by atoms with Gasteiger partial charge in [-0.25, -0.2) is 0 Å². The van der Waals surface area contributed by atoms with Gasteiger partial charge in [0.15, 0.2) is 0 Å². The molecule has 3 N–H and O–H groups in total. The Bertz CT molecular complexity index is 970. The number of hydrogen-bond donors (Lipinski definition) is 2. The molecule has 0 bridgehead atoms. The molecule has 2 unspecified atom stereocenters. The van der Waals surface area contributed by atoms with E-state index in [-0.39, 0.29) is 29.7 Å². The van der Waals surface area contributed by atoms with Gasteiger partial charge >= 0.3 is 0 Å². The highest BCUT2D eigenvalue weighted by molar-refractivity contribution is 5.88. The molecule has 0 aliphatic carbocycles. The molecule has 3 rings (SSSR count). The van der Waals surface area contributed by atoms with Crippen molar-refractivity contribution in [1.82, 2.24) is 10.2 Å². The summed E-state index contributed by atoms with van der Waals surface area (Å²) in [6.07, 6.45) is 0.955. The second-order valence-electron chi connectivity index (χ2n) is 7.95. The van der Waals surface area contributed by atoms with Crippen molar-refractivity contribution in [2.24, 2.45) is 17.6 Å². The lowest BCUT2D eigenvalue weighted by atomic mass is 9.93. The maximum absolute atomic E-state index is 13.3. The molecule has 11 nitrogen and oxygen atoms in total. The highest BCUT2D eigenvalue weighted by atomic mass is 35.5. The van der Waals surface area contributed by atoms with E-state index in [0.29, 0.717) is 39.0 Å². The lowest BCUT2D eigenvalue weighted by molar-refractivity contribution is -0.385. The minimum Gasteiger partial charge on any atom is -0.369 e. The SMILES string of the molecule is Cl.NC(=O)C1CNCC1C(=O)N(CCc1ccc([N+](=O)[O-])cc1)CCc1ccc([N+](=O)[O-])cc1. The molecule has 1 fully saturated rings. The van der Waals surface area contributed by atoms with Gasteiger partial charge in [-0.15, -0.1) is 12.4 Å². The van der Waals surface area contributed by atoms with Gasteiger partial charge in [-0.05, 0) is 24.0 Å². The monoisotopic (exact) mass is 491 g/mol. The minimum atomic E-state index is -0.584. The Morgan fingerprint density at radius 1 is 0.853 bits per heavy atom. The largest absolute Gasteiger partial charge is 0.369 e. The summed E-state index contributed by atoms with van der Waals surface area (Å²) in [5.41, 5.74) is 7.13. The first-order valence-corrected chi connectivity index (χ1v) is 10.5. The van der Waals surface area contributed by atoms with Crippen LogP contribution in [-0.2, 0) is 22.4 Å². The van der Waals surface area contributed by atoms with Crippen LogP contribution < -0.4 is 11.1 Å². The van der Waals surface area contributed by atoms with Crippen LogP contribution in [0.15, 0.2) is 48.5 Å². The molecule has 1 heterocycles. The summed E-state index contributed by atoms with van der Waals surface area (Å²) in [5, 5.41) is 24.7. The van der Waals surface area contributed by atoms with Gasteiger partial charge in [-0.3, -0.25) is 29.8 Å². The van der Waals surface area contributed by atoms with Crippen LogP contribution in [0.25, 0.3) is 0 Å². The number of nitrogens with zero attached hydrogens (tertiary/aromatic N) is 3. The van der Waals surface area contributed by atoms with Crippen LogP contribution in [0, 0.1) is 32.1 Å². The van der Waals surface area contributed by atoms with Crippen molar-refractivity contribution in [3.05, 3.63) is 79.9 Å². The van der Waals surface area contributed by atoms with Crippen LogP contribution in [0.1, 0.15) is 11.1 Å². The zero-order chi connectivity index (χ0) is 24.0. The number of halogens is 1. The molecule has 2 atom stereocenters. The van der Waals surface area contributed by atoms with Crippen molar-refractivity contribution >= 4 is 35.6 Å². The molecule has 1 saturated heterocycles. The summed E-state index contributed by atoms with van der Waals surface area (Å²) in [7, 11) is 0. The second-order valence-corrected chi connectivity index (χ2v) is 7.95. The van der Waals surface area contributed by atoms with Crippen LogP contribution in [0.4, 0.5) is 11.4 Å².